The molecule has 0 saturated carbocycles. The van der Waals surface area contributed by atoms with Crippen molar-refractivity contribution in [3.63, 3.8) is 0 Å². The molecule has 2 heteroatoms. The Morgan fingerprint density at radius 2 is 2.14 bits per heavy atom. The number of pyridine rings is 1. The number of para-hydroxylation sites is 1. The van der Waals surface area contributed by atoms with Crippen LogP contribution in [0, 0.1) is 20.0 Å². The lowest BCUT2D eigenvalue weighted by Crippen LogP contribution is -2.29. The molecule has 22 heavy (non-hydrogen) atoms. The van der Waals surface area contributed by atoms with Gasteiger partial charge in [-0.1, -0.05) is 43.1 Å². The van der Waals surface area contributed by atoms with Crippen LogP contribution in [0.15, 0.2) is 48.2 Å². The fourth-order valence-electron chi connectivity index (χ4n) is 2.79. The lowest BCUT2D eigenvalue weighted by molar-refractivity contribution is 0.755. The van der Waals surface area contributed by atoms with Gasteiger partial charge in [0.2, 0.25) is 5.49 Å². The minimum Gasteiger partial charge on any atom is -0.298 e. The molecular weight excluding hydrogens is 268 g/mol. The summed E-state index contributed by atoms with van der Waals surface area (Å²) < 4.78 is 27.6. The van der Waals surface area contributed by atoms with Crippen molar-refractivity contribution in [3.8, 4) is 0 Å². The van der Waals surface area contributed by atoms with Crippen LogP contribution in [0.2, 0.25) is 0 Å². The number of aromatic nitrogens is 1. The maximum Gasteiger partial charge on any atom is 0.222 e. The van der Waals surface area contributed by atoms with Crippen LogP contribution >= 0.6 is 0 Å². The van der Waals surface area contributed by atoms with Crippen LogP contribution in [0.4, 0.5) is 5.69 Å². The fourth-order valence-corrected chi connectivity index (χ4v) is 2.79. The Kier molecular flexibility index (Phi) is 2.79. The summed E-state index contributed by atoms with van der Waals surface area (Å²) in [6.45, 7) is 3.67. The molecule has 0 bridgehead atoms. The van der Waals surface area contributed by atoms with Gasteiger partial charge in [-0.15, -0.1) is 11.6 Å². The summed E-state index contributed by atoms with van der Waals surface area (Å²) in [6.07, 6.45) is 7.01. The number of rotatable bonds is 1. The van der Waals surface area contributed by atoms with Crippen LogP contribution in [0.3, 0.4) is 0 Å². The summed E-state index contributed by atoms with van der Waals surface area (Å²) in [5.74, 6) is 0. The first kappa shape index (κ1) is 11.2. The predicted molar refractivity (Wildman–Crippen MR) is 92.3 cm³/mol. The van der Waals surface area contributed by atoms with Crippen LogP contribution in [0.1, 0.15) is 34.6 Å². The van der Waals surface area contributed by atoms with Gasteiger partial charge in [-0.25, -0.2) is 0 Å². The molecule has 0 spiro atoms. The predicted octanol–water partition coefficient (Wildman–Crippen LogP) is 3.87. The summed E-state index contributed by atoms with van der Waals surface area (Å²) in [5, 5.41) is 0. The van der Waals surface area contributed by atoms with Gasteiger partial charge in [-0.3, -0.25) is 9.14 Å². The number of aryl methyl sites for hydroxylation is 3. The second-order valence-electron chi connectivity index (χ2n) is 5.67. The smallest absolute Gasteiger partial charge is 0.222 e. The molecule has 3 rings (SSSR count). The van der Waals surface area contributed by atoms with Gasteiger partial charge in [0, 0.05) is 9.80 Å². The van der Waals surface area contributed by atoms with Crippen LogP contribution in [-0.2, 0) is 7.05 Å². The van der Waals surface area contributed by atoms with Crippen molar-refractivity contribution in [1.29, 1.82) is 0 Å². The minimum atomic E-state index is -2.18. The lowest BCUT2D eigenvalue weighted by atomic mass is 9.99. The van der Waals surface area contributed by atoms with Crippen LogP contribution in [0.5, 0.6) is 0 Å². The van der Waals surface area contributed by atoms with Crippen molar-refractivity contribution in [2.75, 3.05) is 0 Å². The van der Waals surface area contributed by atoms with E-state index in [1.807, 2.05) is 60.5 Å². The third-order valence-corrected chi connectivity index (χ3v) is 4.02. The van der Waals surface area contributed by atoms with E-state index in [2.05, 4.69) is 12.3 Å². The zero-order chi connectivity index (χ0) is 18.4. The molecule has 2 heterocycles. The van der Waals surface area contributed by atoms with E-state index in [4.69, 9.17) is 4.11 Å². The topological polar surface area (TPSA) is 7.94 Å². The molecule has 0 saturated heterocycles. The number of benzene rings is 1. The normalized spacial score (nSPS) is 19.2. The third-order valence-electron chi connectivity index (χ3n) is 4.02. The van der Waals surface area contributed by atoms with Gasteiger partial charge in [0.05, 0.1) is 19.4 Å². The molecule has 0 aliphatic carbocycles. The highest BCUT2D eigenvalue weighted by atomic mass is 15.1. The molecule has 0 radical (unpaired) electrons. The van der Waals surface area contributed by atoms with Crippen molar-refractivity contribution < 1.29 is 4.11 Å². The van der Waals surface area contributed by atoms with E-state index in [9.17, 15) is 0 Å². The lowest BCUT2D eigenvalue weighted by Gasteiger charge is -2.13. The molecule has 0 N–H and O–H groups in total. The van der Waals surface area contributed by atoms with E-state index in [1.54, 1.807) is 13.0 Å². The van der Waals surface area contributed by atoms with Crippen LogP contribution in [0.25, 0.3) is 5.57 Å². The van der Waals surface area contributed by atoms with Crippen LogP contribution in [-0.4, -0.2) is 4.57 Å². The zero-order valence-corrected chi connectivity index (χ0v) is 13.4. The Bertz CT molecular complexity index is 973. The standard InChI is InChI=1S/C20H22N2/c1-6-15(3)18-13-22(19-12-14(2)10-11-21(19)5)20-16(4)8-7-9-17(18)20/h6-12H,1-5H3/i3D3. The first-order chi connectivity index (χ1) is 11.7. The zero-order valence-electron chi connectivity index (χ0n) is 16.4. The Labute approximate surface area is 136 Å². The van der Waals surface area contributed by atoms with E-state index < -0.39 is 6.85 Å². The van der Waals surface area contributed by atoms with Crippen LogP contribution < -0.4 is 10.1 Å². The molecule has 1 aromatic heterocycles. The molecular formula is C20H22N2. The highest BCUT2D eigenvalue weighted by Gasteiger charge is 2.18. The van der Waals surface area contributed by atoms with E-state index in [1.165, 1.54) is 0 Å². The van der Waals surface area contributed by atoms with Crippen molar-refractivity contribution in [1.82, 2.24) is 9.14 Å². The third kappa shape index (κ3) is 2.25. The molecule has 1 aliphatic heterocycles. The largest absolute Gasteiger partial charge is 0.298 e. The van der Waals surface area contributed by atoms with Crippen molar-refractivity contribution in [2.24, 2.45) is 7.05 Å². The summed E-state index contributed by atoms with van der Waals surface area (Å²) >= 11 is 0. The Morgan fingerprint density at radius 3 is 2.86 bits per heavy atom. The Hall–Kier alpha value is -2.35. The monoisotopic (exact) mass is 293 g/mol. The Balaban J connectivity index is 2.43. The second kappa shape index (κ2) is 5.45. The highest BCUT2D eigenvalue weighted by Crippen LogP contribution is 2.37. The SMILES string of the molecule is [2H]C([2H])([2H])C(=CC)C1=[C-][N+](=c2cc(C)ccn2C)c2c(C)cccc21. The van der Waals surface area contributed by atoms with Gasteiger partial charge in [-0.05, 0) is 37.1 Å². The maximum atomic E-state index is 7.88. The summed E-state index contributed by atoms with van der Waals surface area (Å²) in [5.41, 5.74) is 6.04. The molecule has 1 aromatic carbocycles. The number of nitrogens with zero attached hydrogens (tertiary/aromatic N) is 2. The molecule has 0 unspecified atom stereocenters. The minimum absolute atomic E-state index is 0.331. The molecule has 112 valence electrons. The molecule has 2 nitrogen and oxygen atoms in total. The average Bonchev–Trinajstić information content (AvgIpc) is 2.90. The first-order valence-electron chi connectivity index (χ1n) is 8.91. The summed E-state index contributed by atoms with van der Waals surface area (Å²) in [7, 11) is 1.98. The average molecular weight is 293 g/mol. The maximum absolute atomic E-state index is 7.88. The van der Waals surface area contributed by atoms with E-state index >= 15 is 0 Å². The molecule has 0 fully saturated rings. The first-order valence-corrected chi connectivity index (χ1v) is 7.41. The molecule has 0 atom stereocenters. The summed E-state index contributed by atoms with van der Waals surface area (Å²) in [6, 6.07) is 10.1. The number of allylic oxidation sites excluding steroid dienone is 3. The Morgan fingerprint density at radius 1 is 1.32 bits per heavy atom. The van der Waals surface area contributed by atoms with Gasteiger partial charge in [0.25, 0.3) is 0 Å². The van der Waals surface area contributed by atoms with Crippen molar-refractivity contribution in [3.05, 3.63) is 76.6 Å². The van der Waals surface area contributed by atoms with E-state index in [-0.39, 0.29) is 0 Å². The van der Waals surface area contributed by atoms with Crippen molar-refractivity contribution >= 4 is 11.3 Å². The molecule has 0 amide bonds. The van der Waals surface area contributed by atoms with Gasteiger partial charge >= 0.3 is 0 Å². The summed E-state index contributed by atoms with van der Waals surface area (Å²) in [4.78, 5) is 0. The van der Waals surface area contributed by atoms with Crippen molar-refractivity contribution in [2.45, 2.75) is 27.6 Å². The second-order valence-corrected chi connectivity index (χ2v) is 5.67. The quantitative estimate of drug-likeness (QED) is 0.557. The number of fused-ring (bicyclic) bond motifs is 1. The number of hydrogen-bond acceptors (Lipinski definition) is 0. The number of hydrogen-bond donors (Lipinski definition) is 0. The highest BCUT2D eigenvalue weighted by molar-refractivity contribution is 5.88. The van der Waals surface area contributed by atoms with Gasteiger partial charge in [-0.2, -0.15) is 0 Å². The fraction of sp³-hybridized carbons (Fsp3) is 0.250. The van der Waals surface area contributed by atoms with Gasteiger partial charge in [0.15, 0.2) is 0 Å². The van der Waals surface area contributed by atoms with E-state index in [0.29, 0.717) is 11.1 Å². The van der Waals surface area contributed by atoms with E-state index in [0.717, 1.165) is 27.9 Å². The van der Waals surface area contributed by atoms with Gasteiger partial charge < -0.3 is 0 Å². The molecule has 2 aromatic rings. The molecule has 1 aliphatic rings. The van der Waals surface area contributed by atoms with Gasteiger partial charge in [0.1, 0.15) is 0 Å².